The summed E-state index contributed by atoms with van der Waals surface area (Å²) in [7, 11) is -1.81. The molecule has 1 atom stereocenters. The number of hydrogen-bond donors (Lipinski definition) is 1. The number of carbonyl (C=O) groups is 1. The van der Waals surface area contributed by atoms with Gasteiger partial charge in [0.05, 0.1) is 31.2 Å². The van der Waals surface area contributed by atoms with Gasteiger partial charge in [-0.1, -0.05) is 18.2 Å². The predicted octanol–water partition coefficient (Wildman–Crippen LogP) is 5.71. The van der Waals surface area contributed by atoms with E-state index in [0.717, 1.165) is 28.5 Å². The molecule has 0 fully saturated rings. The van der Waals surface area contributed by atoms with Crippen LogP contribution in [-0.2, 0) is 25.8 Å². The minimum atomic E-state index is -3.11. The van der Waals surface area contributed by atoms with E-state index in [4.69, 9.17) is 9.47 Å². The van der Waals surface area contributed by atoms with Gasteiger partial charge in [0, 0.05) is 18.7 Å². The number of benzene rings is 3. The molecule has 4 rings (SSSR count). The number of carbonyl (C=O) groups excluding carboxylic acids is 1. The highest BCUT2D eigenvalue weighted by Gasteiger charge is 2.24. The molecule has 0 saturated carbocycles. The maximum absolute atomic E-state index is 15.3. The molecule has 1 aliphatic rings. The van der Waals surface area contributed by atoms with E-state index in [2.05, 4.69) is 10.1 Å². The van der Waals surface area contributed by atoms with Gasteiger partial charge in [-0.3, -0.25) is 4.79 Å². The first-order chi connectivity index (χ1) is 19.0. The van der Waals surface area contributed by atoms with Gasteiger partial charge in [-0.05, 0) is 78.3 Å². The van der Waals surface area contributed by atoms with E-state index in [1.54, 1.807) is 19.1 Å². The molecule has 3 aromatic rings. The number of rotatable bonds is 10. The van der Waals surface area contributed by atoms with Gasteiger partial charge in [-0.25, -0.2) is 17.2 Å². The number of halogens is 2. The number of aryl methyl sites for hydroxylation is 2. The SMILES string of the molecule is COC(=O)CCc1cc2c(cc1F)NC(c1cccc(-c3c(C)cc(OCCCS(C)(=O)=O)c(F)c3C)c1)CO2. The highest BCUT2D eigenvalue weighted by atomic mass is 32.2. The van der Waals surface area contributed by atoms with Crippen molar-refractivity contribution in [3.05, 3.63) is 76.4 Å². The lowest BCUT2D eigenvalue weighted by molar-refractivity contribution is -0.140. The van der Waals surface area contributed by atoms with Crippen LogP contribution in [0.4, 0.5) is 14.5 Å². The quantitative estimate of drug-likeness (QED) is 0.245. The zero-order valence-electron chi connectivity index (χ0n) is 23.0. The van der Waals surface area contributed by atoms with Crippen molar-refractivity contribution in [2.75, 3.05) is 37.6 Å². The summed E-state index contributed by atoms with van der Waals surface area (Å²) in [4.78, 5) is 11.4. The first-order valence-corrected chi connectivity index (χ1v) is 15.0. The van der Waals surface area contributed by atoms with Crippen LogP contribution in [0.15, 0.2) is 42.5 Å². The molecule has 7 nitrogen and oxygen atoms in total. The Hall–Kier alpha value is -3.66. The molecular weight excluding hydrogens is 540 g/mol. The maximum atomic E-state index is 15.3. The van der Waals surface area contributed by atoms with Crippen LogP contribution >= 0.6 is 0 Å². The lowest BCUT2D eigenvalue weighted by atomic mass is 9.92. The number of fused-ring (bicyclic) bond motifs is 1. The average Bonchev–Trinajstić information content (AvgIpc) is 2.91. The molecule has 0 aliphatic carbocycles. The molecule has 0 aromatic heterocycles. The molecule has 214 valence electrons. The van der Waals surface area contributed by atoms with E-state index < -0.39 is 27.4 Å². The van der Waals surface area contributed by atoms with Crippen LogP contribution in [-0.4, -0.2) is 46.7 Å². The number of methoxy groups -OCH3 is 1. The van der Waals surface area contributed by atoms with Crippen molar-refractivity contribution in [3.8, 4) is 22.6 Å². The number of esters is 1. The Morgan fingerprint density at radius 2 is 1.93 bits per heavy atom. The minimum Gasteiger partial charge on any atom is -0.490 e. The van der Waals surface area contributed by atoms with Gasteiger partial charge in [-0.2, -0.15) is 0 Å². The van der Waals surface area contributed by atoms with Gasteiger partial charge < -0.3 is 19.5 Å². The van der Waals surface area contributed by atoms with Gasteiger partial charge >= 0.3 is 5.97 Å². The van der Waals surface area contributed by atoms with Crippen molar-refractivity contribution in [2.45, 2.75) is 39.2 Å². The maximum Gasteiger partial charge on any atom is 0.305 e. The Morgan fingerprint density at radius 3 is 2.65 bits per heavy atom. The van der Waals surface area contributed by atoms with Crippen LogP contribution in [0, 0.1) is 25.5 Å². The molecule has 1 heterocycles. The standard InChI is InChI=1S/C30H33F2NO6S/c1-18-13-27(38-11-6-12-40(4,35)36)30(32)19(2)29(18)22-8-5-7-21(14-22)25-17-39-26-15-20(9-10-28(34)37-3)23(31)16-24(26)33-25/h5,7-8,13-16,25,33H,6,9-12,17H2,1-4H3. The largest absolute Gasteiger partial charge is 0.490 e. The van der Waals surface area contributed by atoms with Gasteiger partial charge in [0.25, 0.3) is 0 Å². The summed E-state index contributed by atoms with van der Waals surface area (Å²) in [5.41, 5.74) is 4.56. The van der Waals surface area contributed by atoms with Gasteiger partial charge in [-0.15, -0.1) is 0 Å². The fourth-order valence-corrected chi connectivity index (χ4v) is 5.47. The molecule has 3 aromatic carbocycles. The predicted molar refractivity (Wildman–Crippen MR) is 150 cm³/mol. The highest BCUT2D eigenvalue weighted by molar-refractivity contribution is 7.90. The minimum absolute atomic E-state index is 0.0238. The second kappa shape index (κ2) is 12.2. The van der Waals surface area contributed by atoms with Crippen molar-refractivity contribution in [1.82, 2.24) is 0 Å². The van der Waals surface area contributed by atoms with Gasteiger partial charge in [0.15, 0.2) is 11.6 Å². The third-order valence-electron chi connectivity index (χ3n) is 6.87. The van der Waals surface area contributed by atoms with E-state index >= 15 is 4.39 Å². The molecule has 0 saturated heterocycles. The lowest BCUT2D eigenvalue weighted by Crippen LogP contribution is -2.24. The third kappa shape index (κ3) is 6.91. The van der Waals surface area contributed by atoms with Crippen LogP contribution in [0.3, 0.4) is 0 Å². The molecule has 0 spiro atoms. The van der Waals surface area contributed by atoms with Crippen LogP contribution in [0.25, 0.3) is 11.1 Å². The Labute approximate surface area is 233 Å². The summed E-state index contributed by atoms with van der Waals surface area (Å²) in [5, 5.41) is 3.33. The van der Waals surface area contributed by atoms with E-state index in [1.165, 1.54) is 13.2 Å². The van der Waals surface area contributed by atoms with Crippen LogP contribution in [0.2, 0.25) is 0 Å². The molecule has 0 radical (unpaired) electrons. The van der Waals surface area contributed by atoms with E-state index in [9.17, 15) is 17.6 Å². The topological polar surface area (TPSA) is 90.9 Å². The van der Waals surface area contributed by atoms with E-state index in [1.807, 2.05) is 31.2 Å². The van der Waals surface area contributed by atoms with Crippen LogP contribution in [0.1, 0.15) is 41.1 Å². The average molecular weight is 574 g/mol. The number of ether oxygens (including phenoxy) is 3. The van der Waals surface area contributed by atoms with E-state index in [-0.39, 0.29) is 43.4 Å². The van der Waals surface area contributed by atoms with Gasteiger partial charge in [0.1, 0.15) is 28.0 Å². The molecule has 0 bridgehead atoms. The summed E-state index contributed by atoms with van der Waals surface area (Å²) < 4.78 is 68.8. The van der Waals surface area contributed by atoms with E-state index in [0.29, 0.717) is 29.2 Å². The number of anilines is 1. The number of hydrogen-bond acceptors (Lipinski definition) is 7. The van der Waals surface area contributed by atoms with Crippen molar-refractivity contribution < 1.29 is 36.2 Å². The summed E-state index contributed by atoms with van der Waals surface area (Å²) in [5.74, 6) is -0.757. The Morgan fingerprint density at radius 1 is 1.15 bits per heavy atom. The second-order valence-corrected chi connectivity index (χ2v) is 12.2. The van der Waals surface area contributed by atoms with Gasteiger partial charge in [0.2, 0.25) is 0 Å². The highest BCUT2D eigenvalue weighted by Crippen LogP contribution is 2.38. The zero-order chi connectivity index (χ0) is 29.0. The second-order valence-electron chi connectivity index (χ2n) is 9.99. The van der Waals surface area contributed by atoms with Crippen molar-refractivity contribution in [1.29, 1.82) is 0 Å². The zero-order valence-corrected chi connectivity index (χ0v) is 23.8. The molecule has 1 aliphatic heterocycles. The first kappa shape index (κ1) is 29.3. The van der Waals surface area contributed by atoms with Crippen molar-refractivity contribution in [3.63, 3.8) is 0 Å². The fourth-order valence-electron chi connectivity index (χ4n) is 4.83. The monoisotopic (exact) mass is 573 g/mol. The summed E-state index contributed by atoms with van der Waals surface area (Å²) in [6.45, 7) is 3.95. The molecule has 1 N–H and O–H groups in total. The Balaban J connectivity index is 1.52. The number of sulfone groups is 1. The fraction of sp³-hybridized carbons (Fsp3) is 0.367. The summed E-state index contributed by atoms with van der Waals surface area (Å²) in [6, 6.07) is 12.0. The smallest absolute Gasteiger partial charge is 0.305 e. The Bertz CT molecular complexity index is 1520. The van der Waals surface area contributed by atoms with Crippen LogP contribution in [0.5, 0.6) is 11.5 Å². The normalized spacial score (nSPS) is 14.6. The third-order valence-corrected chi connectivity index (χ3v) is 7.90. The first-order valence-electron chi connectivity index (χ1n) is 13.0. The van der Waals surface area contributed by atoms with Crippen molar-refractivity contribution >= 4 is 21.5 Å². The number of nitrogens with one attached hydrogen (secondary N) is 1. The molecule has 40 heavy (non-hydrogen) atoms. The molecule has 10 heteroatoms. The summed E-state index contributed by atoms with van der Waals surface area (Å²) >= 11 is 0. The van der Waals surface area contributed by atoms with Crippen molar-refractivity contribution in [2.24, 2.45) is 0 Å². The lowest BCUT2D eigenvalue weighted by Gasteiger charge is -2.29. The Kier molecular flexibility index (Phi) is 8.98. The van der Waals surface area contributed by atoms with Crippen LogP contribution < -0.4 is 14.8 Å². The summed E-state index contributed by atoms with van der Waals surface area (Å²) in [6.07, 6.45) is 1.71. The molecule has 1 unspecified atom stereocenters. The molecular formula is C30H33F2NO6S. The molecule has 0 amide bonds.